The molecule has 1 saturated heterocycles. The largest absolute Gasteiger partial charge is 0.496 e. The number of hydrogen-bond donors (Lipinski definition) is 0. The molecule has 2 aromatic rings. The summed E-state index contributed by atoms with van der Waals surface area (Å²) in [6.07, 6.45) is 4.23. The Morgan fingerprint density at radius 1 is 0.853 bits per heavy atom. The van der Waals surface area contributed by atoms with E-state index in [1.165, 1.54) is 0 Å². The molecule has 8 nitrogen and oxygen atoms in total. The Labute approximate surface area is 199 Å². The summed E-state index contributed by atoms with van der Waals surface area (Å²) in [7, 11) is 4.66. The summed E-state index contributed by atoms with van der Waals surface area (Å²) in [6.45, 7) is 1.01. The molecule has 0 N–H and O–H groups in total. The van der Waals surface area contributed by atoms with Gasteiger partial charge in [0.25, 0.3) is 0 Å². The standard InChI is InChI=1S/C26H30N2O6/c1-31-19-13-23(32-2)20(24(14-19)33-3)16-28-22-17-34-12-8-7-11-21(25(28)29)27(26(22)30)15-18-9-5-4-6-10-18/h4-10,13-14,21-22H,11-12,15-17H2,1-3H3/b8-7-/t21-,22-/m0/s1. The Kier molecular flexibility index (Phi) is 7.37. The van der Waals surface area contributed by atoms with Crippen molar-refractivity contribution in [3.63, 3.8) is 0 Å². The third-order valence-corrected chi connectivity index (χ3v) is 6.25. The maximum absolute atomic E-state index is 13.8. The van der Waals surface area contributed by atoms with Gasteiger partial charge in [-0.3, -0.25) is 9.59 Å². The van der Waals surface area contributed by atoms with Gasteiger partial charge in [0.05, 0.1) is 46.7 Å². The molecule has 3 aliphatic heterocycles. The molecular formula is C26H30N2O6. The molecule has 2 aromatic carbocycles. The van der Waals surface area contributed by atoms with Crippen molar-refractivity contribution in [2.45, 2.75) is 31.6 Å². The van der Waals surface area contributed by atoms with Crippen LogP contribution < -0.4 is 14.2 Å². The summed E-state index contributed by atoms with van der Waals surface area (Å²) < 4.78 is 22.3. The molecule has 0 unspecified atom stereocenters. The fourth-order valence-corrected chi connectivity index (χ4v) is 4.45. The maximum atomic E-state index is 13.8. The summed E-state index contributed by atoms with van der Waals surface area (Å²) in [4.78, 5) is 30.8. The van der Waals surface area contributed by atoms with Gasteiger partial charge in [-0.1, -0.05) is 42.5 Å². The molecule has 34 heavy (non-hydrogen) atoms. The Morgan fingerprint density at radius 3 is 2.15 bits per heavy atom. The van der Waals surface area contributed by atoms with E-state index in [-0.39, 0.29) is 25.0 Å². The molecule has 2 bridgehead atoms. The number of nitrogens with zero attached hydrogens (tertiary/aromatic N) is 2. The molecule has 0 saturated carbocycles. The highest BCUT2D eigenvalue weighted by Crippen LogP contribution is 2.36. The molecule has 180 valence electrons. The van der Waals surface area contributed by atoms with E-state index >= 15 is 0 Å². The number of methoxy groups -OCH3 is 3. The van der Waals surface area contributed by atoms with Crippen LogP contribution in [0.2, 0.25) is 0 Å². The average Bonchev–Trinajstić information content (AvgIpc) is 2.87. The summed E-state index contributed by atoms with van der Waals surface area (Å²) in [5.41, 5.74) is 1.64. The van der Waals surface area contributed by atoms with Gasteiger partial charge in [0, 0.05) is 18.7 Å². The Balaban J connectivity index is 1.72. The quantitative estimate of drug-likeness (QED) is 0.584. The first-order valence-electron chi connectivity index (χ1n) is 11.2. The number of piperazine rings is 1. The first kappa shape index (κ1) is 23.6. The molecule has 2 amide bonds. The van der Waals surface area contributed by atoms with Gasteiger partial charge in [-0.25, -0.2) is 0 Å². The lowest BCUT2D eigenvalue weighted by atomic mass is 9.98. The molecule has 8 heteroatoms. The maximum Gasteiger partial charge on any atom is 0.248 e. The van der Waals surface area contributed by atoms with Crippen LogP contribution in [-0.2, 0) is 27.4 Å². The normalized spacial score (nSPS) is 21.4. The number of carbonyl (C=O) groups excluding carboxylic acids is 2. The van der Waals surface area contributed by atoms with E-state index in [1.807, 2.05) is 42.5 Å². The van der Waals surface area contributed by atoms with Gasteiger partial charge >= 0.3 is 0 Å². The van der Waals surface area contributed by atoms with Crippen LogP contribution in [-0.4, -0.2) is 68.2 Å². The van der Waals surface area contributed by atoms with Crippen LogP contribution in [0.5, 0.6) is 17.2 Å². The zero-order valence-corrected chi connectivity index (χ0v) is 19.7. The van der Waals surface area contributed by atoms with E-state index in [4.69, 9.17) is 18.9 Å². The molecule has 0 aromatic heterocycles. The molecule has 0 spiro atoms. The van der Waals surface area contributed by atoms with E-state index in [2.05, 4.69) is 0 Å². The first-order chi connectivity index (χ1) is 16.6. The van der Waals surface area contributed by atoms with Gasteiger partial charge < -0.3 is 28.7 Å². The molecule has 5 rings (SSSR count). The van der Waals surface area contributed by atoms with Crippen molar-refractivity contribution >= 4 is 11.8 Å². The molecule has 3 heterocycles. The minimum atomic E-state index is -0.754. The van der Waals surface area contributed by atoms with Crippen LogP contribution in [0.4, 0.5) is 0 Å². The minimum Gasteiger partial charge on any atom is -0.496 e. The van der Waals surface area contributed by atoms with Crippen LogP contribution in [0.25, 0.3) is 0 Å². The van der Waals surface area contributed by atoms with Crippen molar-refractivity contribution in [2.24, 2.45) is 0 Å². The van der Waals surface area contributed by atoms with Crippen LogP contribution in [0.1, 0.15) is 17.5 Å². The smallest absolute Gasteiger partial charge is 0.248 e. The molecule has 0 radical (unpaired) electrons. The second kappa shape index (κ2) is 10.6. The number of amides is 2. The van der Waals surface area contributed by atoms with E-state index in [0.29, 0.717) is 42.4 Å². The second-order valence-electron chi connectivity index (χ2n) is 8.20. The van der Waals surface area contributed by atoms with Crippen molar-refractivity contribution in [1.29, 1.82) is 0 Å². The van der Waals surface area contributed by atoms with Crippen molar-refractivity contribution in [2.75, 3.05) is 34.5 Å². The number of rotatable bonds is 7. The minimum absolute atomic E-state index is 0.105. The second-order valence-corrected chi connectivity index (χ2v) is 8.20. The van der Waals surface area contributed by atoms with Crippen molar-refractivity contribution in [1.82, 2.24) is 9.80 Å². The predicted octanol–water partition coefficient (Wildman–Crippen LogP) is 2.80. The first-order valence-corrected chi connectivity index (χ1v) is 11.2. The molecule has 0 aliphatic carbocycles. The van der Waals surface area contributed by atoms with Crippen LogP contribution in [0.15, 0.2) is 54.6 Å². The van der Waals surface area contributed by atoms with Gasteiger partial charge in [0.1, 0.15) is 29.3 Å². The van der Waals surface area contributed by atoms with E-state index < -0.39 is 12.1 Å². The fourth-order valence-electron chi connectivity index (χ4n) is 4.45. The monoisotopic (exact) mass is 466 g/mol. The number of hydrogen-bond acceptors (Lipinski definition) is 6. The van der Waals surface area contributed by atoms with Gasteiger partial charge in [-0.15, -0.1) is 0 Å². The number of ether oxygens (including phenoxy) is 4. The summed E-state index contributed by atoms with van der Waals surface area (Å²) >= 11 is 0. The van der Waals surface area contributed by atoms with Crippen LogP contribution >= 0.6 is 0 Å². The summed E-state index contributed by atoms with van der Waals surface area (Å²) in [5.74, 6) is 1.35. The zero-order valence-electron chi connectivity index (χ0n) is 19.7. The van der Waals surface area contributed by atoms with Crippen molar-refractivity contribution in [3.05, 3.63) is 65.7 Å². The zero-order chi connectivity index (χ0) is 24.1. The van der Waals surface area contributed by atoms with E-state index in [0.717, 1.165) is 5.56 Å². The number of carbonyl (C=O) groups is 2. The summed E-state index contributed by atoms with van der Waals surface area (Å²) in [6, 6.07) is 11.8. The number of fused-ring (bicyclic) bond motifs is 6. The highest BCUT2D eigenvalue weighted by Gasteiger charge is 2.46. The third kappa shape index (κ3) is 4.72. The SMILES string of the molecule is COc1cc(OC)c(CN2C(=O)[C@@H]3C/C=C\COC[C@H]2C(=O)N3Cc2ccccc2)c(OC)c1. The van der Waals surface area contributed by atoms with Gasteiger partial charge in [0.15, 0.2) is 0 Å². The van der Waals surface area contributed by atoms with Gasteiger partial charge in [0.2, 0.25) is 11.8 Å². The Bertz CT molecular complexity index is 1030. The lowest BCUT2D eigenvalue weighted by Gasteiger charge is -2.45. The fraction of sp³-hybridized carbons (Fsp3) is 0.385. The molecular weight excluding hydrogens is 436 g/mol. The number of benzene rings is 2. The van der Waals surface area contributed by atoms with Crippen LogP contribution in [0.3, 0.4) is 0 Å². The van der Waals surface area contributed by atoms with Crippen LogP contribution in [0, 0.1) is 0 Å². The molecule has 1 fully saturated rings. The average molecular weight is 467 g/mol. The van der Waals surface area contributed by atoms with E-state index in [9.17, 15) is 9.59 Å². The molecule has 3 aliphatic rings. The predicted molar refractivity (Wildman–Crippen MR) is 126 cm³/mol. The Morgan fingerprint density at radius 2 is 1.50 bits per heavy atom. The highest BCUT2D eigenvalue weighted by atomic mass is 16.5. The topological polar surface area (TPSA) is 77.5 Å². The van der Waals surface area contributed by atoms with Crippen molar-refractivity contribution < 1.29 is 28.5 Å². The van der Waals surface area contributed by atoms with Gasteiger partial charge in [-0.2, -0.15) is 0 Å². The third-order valence-electron chi connectivity index (χ3n) is 6.25. The summed E-state index contributed by atoms with van der Waals surface area (Å²) in [5, 5.41) is 0. The highest BCUT2D eigenvalue weighted by molar-refractivity contribution is 5.97. The van der Waals surface area contributed by atoms with E-state index in [1.54, 1.807) is 43.3 Å². The lowest BCUT2D eigenvalue weighted by Crippen LogP contribution is -2.65. The Hall–Kier alpha value is -3.52. The van der Waals surface area contributed by atoms with Crippen molar-refractivity contribution in [3.8, 4) is 17.2 Å². The molecule has 2 atom stereocenters. The van der Waals surface area contributed by atoms with Gasteiger partial charge in [-0.05, 0) is 12.0 Å². The lowest BCUT2D eigenvalue weighted by molar-refractivity contribution is -0.166.